The van der Waals surface area contributed by atoms with Gasteiger partial charge < -0.3 is 15.3 Å². The lowest BCUT2D eigenvalue weighted by atomic mass is 9.94. The number of anilines is 1. The maximum Gasteiger partial charge on any atom is 0.322 e. The molecule has 3 aromatic carbocycles. The zero-order valence-corrected chi connectivity index (χ0v) is 19.0. The summed E-state index contributed by atoms with van der Waals surface area (Å²) in [5, 5.41) is 12.9. The molecular formula is C27H28F2N2O2. The number of aromatic hydroxyl groups is 1. The molecule has 0 aromatic heterocycles. The van der Waals surface area contributed by atoms with Gasteiger partial charge in [0.15, 0.2) is 0 Å². The largest absolute Gasteiger partial charge is 0.508 e. The van der Waals surface area contributed by atoms with Crippen molar-refractivity contribution in [2.75, 3.05) is 5.32 Å². The molecule has 1 aliphatic carbocycles. The highest BCUT2D eigenvalue weighted by Gasteiger charge is 2.31. The van der Waals surface area contributed by atoms with Gasteiger partial charge in [-0.25, -0.2) is 13.6 Å². The van der Waals surface area contributed by atoms with E-state index in [4.69, 9.17) is 0 Å². The average molecular weight is 451 g/mol. The van der Waals surface area contributed by atoms with Crippen molar-refractivity contribution in [3.05, 3.63) is 94.0 Å². The Bertz CT molecular complexity index is 1170. The lowest BCUT2D eigenvalue weighted by molar-refractivity contribution is 0.185. The quantitative estimate of drug-likeness (QED) is 0.479. The molecule has 4 rings (SSSR count). The molecule has 2 N–H and O–H groups in total. The molecule has 0 saturated carbocycles. The first kappa shape index (κ1) is 22.8. The molecule has 0 aliphatic heterocycles. The van der Waals surface area contributed by atoms with E-state index in [9.17, 15) is 18.7 Å². The van der Waals surface area contributed by atoms with Gasteiger partial charge in [0.05, 0.1) is 5.69 Å². The number of benzene rings is 3. The lowest BCUT2D eigenvalue weighted by Crippen LogP contribution is -2.43. The van der Waals surface area contributed by atoms with Crippen molar-refractivity contribution in [1.82, 2.24) is 4.90 Å². The summed E-state index contributed by atoms with van der Waals surface area (Å²) in [4.78, 5) is 15.2. The van der Waals surface area contributed by atoms with Crippen molar-refractivity contribution < 1.29 is 18.7 Å². The van der Waals surface area contributed by atoms with Gasteiger partial charge >= 0.3 is 6.03 Å². The standard InChI is InChI=1S/C27H28F2N2O2/c1-16(2)23-14-26(32)17(3)10-20(23)15-31(22-11-18-6-4-5-7-19(18)12-22)27(33)30-25-9-8-21(28)13-24(25)29/h4-10,13-14,16,22,32H,11-12,15H2,1-3H3,(H,30,33). The molecule has 0 unspecified atom stereocenters. The number of aryl methyl sites for hydroxylation is 1. The number of phenols is 1. The van der Waals surface area contributed by atoms with Crippen LogP contribution in [0.15, 0.2) is 54.6 Å². The molecule has 0 atom stereocenters. The van der Waals surface area contributed by atoms with Crippen LogP contribution in [0.2, 0.25) is 0 Å². The number of halogens is 2. The Labute approximate surface area is 192 Å². The van der Waals surface area contributed by atoms with Gasteiger partial charge in [-0.1, -0.05) is 44.2 Å². The number of hydrogen-bond acceptors (Lipinski definition) is 2. The van der Waals surface area contributed by atoms with Crippen LogP contribution in [0.1, 0.15) is 47.6 Å². The first-order chi connectivity index (χ1) is 15.7. The van der Waals surface area contributed by atoms with E-state index < -0.39 is 17.7 Å². The summed E-state index contributed by atoms with van der Waals surface area (Å²) in [6.45, 7) is 6.21. The van der Waals surface area contributed by atoms with Crippen LogP contribution in [0.4, 0.5) is 19.3 Å². The molecule has 4 nitrogen and oxygen atoms in total. The van der Waals surface area contributed by atoms with Crippen molar-refractivity contribution >= 4 is 11.7 Å². The number of rotatable bonds is 5. The van der Waals surface area contributed by atoms with Crippen LogP contribution in [-0.4, -0.2) is 22.1 Å². The average Bonchev–Trinajstić information content (AvgIpc) is 3.19. The third kappa shape index (κ3) is 4.85. The van der Waals surface area contributed by atoms with Crippen LogP contribution in [-0.2, 0) is 19.4 Å². The van der Waals surface area contributed by atoms with E-state index in [2.05, 4.69) is 17.4 Å². The normalized spacial score (nSPS) is 13.3. The predicted molar refractivity (Wildman–Crippen MR) is 125 cm³/mol. The molecule has 3 aromatic rings. The van der Waals surface area contributed by atoms with Gasteiger partial charge in [0, 0.05) is 18.7 Å². The summed E-state index contributed by atoms with van der Waals surface area (Å²) in [7, 11) is 0. The number of nitrogens with zero attached hydrogens (tertiary/aromatic N) is 1. The highest BCUT2D eigenvalue weighted by molar-refractivity contribution is 5.89. The number of amides is 2. The second-order valence-corrected chi connectivity index (χ2v) is 9.01. The SMILES string of the molecule is Cc1cc(CN(C(=O)Nc2ccc(F)cc2F)C2Cc3ccccc3C2)c(C(C)C)cc1O. The number of urea groups is 1. The highest BCUT2D eigenvalue weighted by atomic mass is 19.1. The first-order valence-electron chi connectivity index (χ1n) is 11.1. The molecule has 0 fully saturated rings. The van der Waals surface area contributed by atoms with Crippen LogP contribution in [0.3, 0.4) is 0 Å². The Hall–Kier alpha value is -3.41. The summed E-state index contributed by atoms with van der Waals surface area (Å²) >= 11 is 0. The topological polar surface area (TPSA) is 52.6 Å². The molecule has 33 heavy (non-hydrogen) atoms. The zero-order chi connectivity index (χ0) is 23.7. The summed E-state index contributed by atoms with van der Waals surface area (Å²) in [5.41, 5.74) is 4.95. The third-order valence-corrected chi connectivity index (χ3v) is 6.32. The summed E-state index contributed by atoms with van der Waals surface area (Å²) in [6.07, 6.45) is 1.40. The molecule has 0 heterocycles. The lowest BCUT2D eigenvalue weighted by Gasteiger charge is -2.31. The molecular weight excluding hydrogens is 422 g/mol. The van der Waals surface area contributed by atoms with Gasteiger partial charge in [0.25, 0.3) is 0 Å². The van der Waals surface area contributed by atoms with Gasteiger partial charge in [-0.2, -0.15) is 0 Å². The molecule has 1 aliphatic rings. The van der Waals surface area contributed by atoms with E-state index in [-0.39, 0.29) is 23.4 Å². The Morgan fingerprint density at radius 2 is 1.76 bits per heavy atom. The molecule has 0 bridgehead atoms. The number of fused-ring (bicyclic) bond motifs is 1. The Kier molecular flexibility index (Phi) is 6.36. The van der Waals surface area contributed by atoms with Crippen molar-refractivity contribution in [3.8, 4) is 5.75 Å². The van der Waals surface area contributed by atoms with E-state index in [1.54, 1.807) is 11.0 Å². The van der Waals surface area contributed by atoms with Crippen LogP contribution < -0.4 is 5.32 Å². The van der Waals surface area contributed by atoms with Gasteiger partial charge in [0.2, 0.25) is 0 Å². The fraction of sp³-hybridized carbons (Fsp3) is 0.296. The predicted octanol–water partition coefficient (Wildman–Crippen LogP) is 6.30. The second kappa shape index (κ2) is 9.22. The highest BCUT2D eigenvalue weighted by Crippen LogP contribution is 2.32. The summed E-state index contributed by atoms with van der Waals surface area (Å²) in [6, 6.07) is 14.3. The Balaban J connectivity index is 1.68. The van der Waals surface area contributed by atoms with E-state index >= 15 is 0 Å². The second-order valence-electron chi connectivity index (χ2n) is 9.01. The van der Waals surface area contributed by atoms with Crippen LogP contribution in [0.5, 0.6) is 5.75 Å². The van der Waals surface area contributed by atoms with Crippen LogP contribution >= 0.6 is 0 Å². The maximum atomic E-state index is 14.3. The van der Waals surface area contributed by atoms with Gasteiger partial charge in [-0.3, -0.25) is 0 Å². The molecule has 2 amide bonds. The van der Waals surface area contributed by atoms with Gasteiger partial charge in [-0.05, 0) is 71.7 Å². The molecule has 0 radical (unpaired) electrons. The minimum absolute atomic E-state index is 0.0621. The van der Waals surface area contributed by atoms with E-state index in [0.29, 0.717) is 19.4 Å². The Morgan fingerprint density at radius 3 is 2.36 bits per heavy atom. The van der Waals surface area contributed by atoms with Crippen molar-refractivity contribution in [2.45, 2.75) is 52.1 Å². The van der Waals surface area contributed by atoms with E-state index in [1.807, 2.05) is 39.0 Å². The number of carbonyl (C=O) groups is 1. The van der Waals surface area contributed by atoms with Gasteiger partial charge in [-0.15, -0.1) is 0 Å². The van der Waals surface area contributed by atoms with Crippen molar-refractivity contribution in [3.63, 3.8) is 0 Å². The number of nitrogens with one attached hydrogen (secondary N) is 1. The first-order valence-corrected chi connectivity index (χ1v) is 11.1. The smallest absolute Gasteiger partial charge is 0.322 e. The molecule has 0 spiro atoms. The number of hydrogen-bond donors (Lipinski definition) is 2. The third-order valence-electron chi connectivity index (χ3n) is 6.32. The molecule has 6 heteroatoms. The minimum Gasteiger partial charge on any atom is -0.508 e. The fourth-order valence-electron chi connectivity index (χ4n) is 4.53. The summed E-state index contributed by atoms with van der Waals surface area (Å²) in [5.74, 6) is -1.15. The molecule has 0 saturated heterocycles. The minimum atomic E-state index is -0.818. The maximum absolute atomic E-state index is 14.3. The van der Waals surface area contributed by atoms with Crippen molar-refractivity contribution in [2.24, 2.45) is 0 Å². The van der Waals surface area contributed by atoms with Gasteiger partial charge in [0.1, 0.15) is 17.4 Å². The van der Waals surface area contributed by atoms with E-state index in [0.717, 1.165) is 28.8 Å². The van der Waals surface area contributed by atoms with E-state index in [1.165, 1.54) is 17.2 Å². The van der Waals surface area contributed by atoms with Crippen molar-refractivity contribution in [1.29, 1.82) is 0 Å². The number of phenolic OH excluding ortho intramolecular Hbond substituents is 1. The van der Waals surface area contributed by atoms with Crippen LogP contribution in [0, 0.1) is 18.6 Å². The fourth-order valence-corrected chi connectivity index (χ4v) is 4.53. The van der Waals surface area contributed by atoms with Crippen LogP contribution in [0.25, 0.3) is 0 Å². The Morgan fingerprint density at radius 1 is 1.09 bits per heavy atom. The zero-order valence-electron chi connectivity index (χ0n) is 19.0. The molecule has 172 valence electrons. The summed E-state index contributed by atoms with van der Waals surface area (Å²) < 4.78 is 27.6. The number of carbonyl (C=O) groups excluding carboxylic acids is 1. The monoisotopic (exact) mass is 450 g/mol.